The highest BCUT2D eigenvalue weighted by Gasteiger charge is 2.31. The van der Waals surface area contributed by atoms with Gasteiger partial charge in [0.15, 0.2) is 0 Å². The van der Waals surface area contributed by atoms with E-state index in [0.29, 0.717) is 18.8 Å². The van der Waals surface area contributed by atoms with Gasteiger partial charge in [0.2, 0.25) is 5.88 Å². The molecular weight excluding hydrogens is 222 g/mol. The number of hydrogen-bond donors (Lipinski definition) is 1. The number of ether oxygens (including phenoxy) is 2. The number of methoxy groups -OCH3 is 1. The minimum Gasteiger partial charge on any atom is -0.472 e. The summed E-state index contributed by atoms with van der Waals surface area (Å²) in [4.78, 5) is 19.5. The topological polar surface area (TPSA) is 73.3 Å². The van der Waals surface area contributed by atoms with Gasteiger partial charge in [-0.05, 0) is 6.92 Å². The zero-order chi connectivity index (χ0) is 12.3. The third-order valence-corrected chi connectivity index (χ3v) is 2.60. The molecule has 1 aromatic rings. The molecule has 1 saturated heterocycles. The fourth-order valence-electron chi connectivity index (χ4n) is 1.78. The second-order valence-corrected chi connectivity index (χ2v) is 3.96. The number of rotatable bonds is 3. The number of nitrogens with zero attached hydrogens (tertiary/aromatic N) is 2. The monoisotopic (exact) mass is 237 g/mol. The summed E-state index contributed by atoms with van der Waals surface area (Å²) in [5.41, 5.74) is 0.804. The van der Waals surface area contributed by atoms with E-state index in [1.807, 2.05) is 6.92 Å². The lowest BCUT2D eigenvalue weighted by Crippen LogP contribution is -2.31. The molecule has 0 bridgehead atoms. The van der Waals surface area contributed by atoms with Crippen LogP contribution in [0.2, 0.25) is 0 Å². The Morgan fingerprint density at radius 1 is 1.53 bits per heavy atom. The molecule has 1 N–H and O–H groups in total. The normalized spacial score (nSPS) is 23.4. The number of nitrogens with one attached hydrogen (secondary N) is 1. The van der Waals surface area contributed by atoms with E-state index in [9.17, 15) is 4.79 Å². The highest BCUT2D eigenvalue weighted by Crippen LogP contribution is 2.15. The molecule has 1 aliphatic heterocycles. The van der Waals surface area contributed by atoms with Gasteiger partial charge in [-0.25, -0.2) is 4.98 Å². The number of aryl methyl sites for hydroxylation is 1. The first kappa shape index (κ1) is 11.8. The average molecular weight is 237 g/mol. The van der Waals surface area contributed by atoms with E-state index in [1.165, 1.54) is 7.11 Å². The van der Waals surface area contributed by atoms with Gasteiger partial charge >= 0.3 is 5.97 Å². The Labute approximate surface area is 99.4 Å². The predicted molar refractivity (Wildman–Crippen MR) is 59.6 cm³/mol. The first-order valence-corrected chi connectivity index (χ1v) is 5.45. The summed E-state index contributed by atoms with van der Waals surface area (Å²) >= 11 is 0. The van der Waals surface area contributed by atoms with Crippen LogP contribution in [0.15, 0.2) is 12.4 Å². The van der Waals surface area contributed by atoms with Crippen molar-refractivity contribution >= 4 is 5.97 Å². The van der Waals surface area contributed by atoms with Gasteiger partial charge in [0, 0.05) is 19.2 Å². The molecule has 2 unspecified atom stereocenters. The maximum Gasteiger partial charge on any atom is 0.323 e. The molecule has 92 valence electrons. The zero-order valence-corrected chi connectivity index (χ0v) is 9.84. The van der Waals surface area contributed by atoms with Crippen LogP contribution in [-0.2, 0) is 9.53 Å². The Bertz CT molecular complexity index is 411. The second-order valence-electron chi connectivity index (χ2n) is 3.96. The van der Waals surface area contributed by atoms with Crippen molar-refractivity contribution in [2.24, 2.45) is 0 Å². The van der Waals surface area contributed by atoms with Gasteiger partial charge in [-0.15, -0.1) is 0 Å². The number of carbonyl (C=O) groups excluding carboxylic acids is 1. The highest BCUT2D eigenvalue weighted by atomic mass is 16.5. The highest BCUT2D eigenvalue weighted by molar-refractivity contribution is 5.76. The van der Waals surface area contributed by atoms with Crippen molar-refractivity contribution in [3.8, 4) is 5.88 Å². The van der Waals surface area contributed by atoms with Crippen LogP contribution in [0.1, 0.15) is 12.1 Å². The van der Waals surface area contributed by atoms with Crippen LogP contribution in [0.4, 0.5) is 0 Å². The summed E-state index contributed by atoms with van der Waals surface area (Å²) in [5, 5.41) is 3.04. The Morgan fingerprint density at radius 3 is 3.06 bits per heavy atom. The van der Waals surface area contributed by atoms with Crippen LogP contribution in [0.25, 0.3) is 0 Å². The summed E-state index contributed by atoms with van der Waals surface area (Å²) in [6.45, 7) is 2.46. The lowest BCUT2D eigenvalue weighted by Gasteiger charge is -2.11. The molecule has 2 atom stereocenters. The fraction of sp³-hybridized carbons (Fsp3) is 0.545. The molecule has 6 heteroatoms. The quantitative estimate of drug-likeness (QED) is 0.750. The molecule has 2 rings (SSSR count). The summed E-state index contributed by atoms with van der Waals surface area (Å²) in [6.07, 6.45) is 3.74. The molecule has 0 spiro atoms. The molecule has 1 fully saturated rings. The summed E-state index contributed by atoms with van der Waals surface area (Å²) in [6, 6.07) is -0.289. The van der Waals surface area contributed by atoms with Gasteiger partial charge in [-0.2, -0.15) is 0 Å². The van der Waals surface area contributed by atoms with Gasteiger partial charge in [-0.1, -0.05) is 0 Å². The smallest absolute Gasteiger partial charge is 0.323 e. The number of carbonyl (C=O) groups is 1. The van der Waals surface area contributed by atoms with Crippen molar-refractivity contribution in [1.82, 2.24) is 15.3 Å². The van der Waals surface area contributed by atoms with Crippen molar-refractivity contribution in [2.45, 2.75) is 25.5 Å². The molecule has 1 aromatic heterocycles. The summed E-state index contributed by atoms with van der Waals surface area (Å²) in [5.74, 6) is 0.230. The second kappa shape index (κ2) is 5.09. The van der Waals surface area contributed by atoms with Gasteiger partial charge in [-0.3, -0.25) is 9.78 Å². The maximum absolute atomic E-state index is 11.3. The lowest BCUT2D eigenvalue weighted by molar-refractivity contribution is -0.142. The van der Waals surface area contributed by atoms with Crippen molar-refractivity contribution in [1.29, 1.82) is 0 Å². The van der Waals surface area contributed by atoms with Crippen molar-refractivity contribution < 1.29 is 14.3 Å². The van der Waals surface area contributed by atoms with E-state index in [-0.39, 0.29) is 18.1 Å². The summed E-state index contributed by atoms with van der Waals surface area (Å²) < 4.78 is 10.3. The molecule has 0 amide bonds. The van der Waals surface area contributed by atoms with Crippen molar-refractivity contribution in [2.75, 3.05) is 13.7 Å². The minimum atomic E-state index is -0.289. The van der Waals surface area contributed by atoms with E-state index in [2.05, 4.69) is 20.0 Å². The fourth-order valence-corrected chi connectivity index (χ4v) is 1.78. The molecule has 0 radical (unpaired) electrons. The molecule has 0 aliphatic carbocycles. The Morgan fingerprint density at radius 2 is 2.35 bits per heavy atom. The van der Waals surface area contributed by atoms with Crippen LogP contribution in [0.3, 0.4) is 0 Å². The molecule has 17 heavy (non-hydrogen) atoms. The third kappa shape index (κ3) is 2.91. The number of aromatic nitrogens is 2. The molecule has 0 aromatic carbocycles. The van der Waals surface area contributed by atoms with Crippen LogP contribution >= 0.6 is 0 Å². The SMILES string of the molecule is COC(=O)C1CC(Oc2cncc(C)n2)CN1. The zero-order valence-electron chi connectivity index (χ0n) is 9.84. The van der Waals surface area contributed by atoms with Crippen LogP contribution in [-0.4, -0.2) is 41.7 Å². The standard InChI is InChI=1S/C11H15N3O3/c1-7-4-12-6-10(14-7)17-8-3-9(13-5-8)11(15)16-2/h4,6,8-9,13H,3,5H2,1-2H3. The largest absolute Gasteiger partial charge is 0.472 e. The van der Waals surface area contributed by atoms with E-state index >= 15 is 0 Å². The molecule has 0 saturated carbocycles. The van der Waals surface area contributed by atoms with Gasteiger partial charge in [0.25, 0.3) is 0 Å². The molecular formula is C11H15N3O3. The Hall–Kier alpha value is -1.69. The first-order valence-electron chi connectivity index (χ1n) is 5.45. The number of hydrogen-bond acceptors (Lipinski definition) is 6. The summed E-state index contributed by atoms with van der Waals surface area (Å²) in [7, 11) is 1.38. The average Bonchev–Trinajstić information content (AvgIpc) is 2.76. The van der Waals surface area contributed by atoms with E-state index in [0.717, 1.165) is 5.69 Å². The third-order valence-electron chi connectivity index (χ3n) is 2.60. The van der Waals surface area contributed by atoms with Crippen LogP contribution < -0.4 is 10.1 Å². The van der Waals surface area contributed by atoms with Crippen LogP contribution in [0.5, 0.6) is 5.88 Å². The molecule has 6 nitrogen and oxygen atoms in total. The van der Waals surface area contributed by atoms with Gasteiger partial charge < -0.3 is 14.8 Å². The van der Waals surface area contributed by atoms with E-state index < -0.39 is 0 Å². The minimum absolute atomic E-state index is 0.0739. The maximum atomic E-state index is 11.3. The molecule has 2 heterocycles. The van der Waals surface area contributed by atoms with Gasteiger partial charge in [0.05, 0.1) is 19.0 Å². The predicted octanol–water partition coefficient (Wildman–Crippen LogP) is 0.0673. The first-order chi connectivity index (χ1) is 8.19. The lowest BCUT2D eigenvalue weighted by atomic mass is 10.2. The Balaban J connectivity index is 1.92. The molecule has 1 aliphatic rings. The van der Waals surface area contributed by atoms with Gasteiger partial charge in [0.1, 0.15) is 12.1 Å². The number of esters is 1. The van der Waals surface area contributed by atoms with E-state index in [4.69, 9.17) is 4.74 Å². The Kier molecular flexibility index (Phi) is 3.53. The van der Waals surface area contributed by atoms with Crippen LogP contribution in [0, 0.1) is 6.92 Å². The van der Waals surface area contributed by atoms with Crippen molar-refractivity contribution in [3.63, 3.8) is 0 Å². The van der Waals surface area contributed by atoms with E-state index in [1.54, 1.807) is 12.4 Å². The van der Waals surface area contributed by atoms with Crippen molar-refractivity contribution in [3.05, 3.63) is 18.1 Å².